The van der Waals surface area contributed by atoms with Crippen molar-refractivity contribution in [3.63, 3.8) is 0 Å². The zero-order valence-corrected chi connectivity index (χ0v) is 11.9. The molecule has 0 aliphatic heterocycles. The number of benzene rings is 1. The summed E-state index contributed by atoms with van der Waals surface area (Å²) < 4.78 is 5.31. The van der Waals surface area contributed by atoms with E-state index < -0.39 is 0 Å². The first-order valence-electron chi connectivity index (χ1n) is 5.79. The van der Waals surface area contributed by atoms with Crippen molar-refractivity contribution in [3.8, 4) is 5.75 Å². The van der Waals surface area contributed by atoms with E-state index >= 15 is 0 Å². The lowest BCUT2D eigenvalue weighted by Gasteiger charge is -2.15. The lowest BCUT2D eigenvalue weighted by atomic mass is 10.00. The summed E-state index contributed by atoms with van der Waals surface area (Å²) in [5.74, 6) is 0.621. The molecule has 0 fully saturated rings. The summed E-state index contributed by atoms with van der Waals surface area (Å²) in [5.41, 5.74) is 8.08. The summed E-state index contributed by atoms with van der Waals surface area (Å²) in [6.07, 6.45) is 4.03. The molecule has 2 rings (SSSR count). The molecule has 0 saturated heterocycles. The molecule has 1 aromatic heterocycles. The van der Waals surface area contributed by atoms with Crippen molar-refractivity contribution in [1.29, 1.82) is 0 Å². The van der Waals surface area contributed by atoms with Crippen LogP contribution in [0.4, 0.5) is 0 Å². The van der Waals surface area contributed by atoms with E-state index in [-0.39, 0.29) is 6.04 Å². The highest BCUT2D eigenvalue weighted by Crippen LogP contribution is 2.34. The van der Waals surface area contributed by atoms with E-state index in [0.717, 1.165) is 11.1 Å². The molecule has 0 radical (unpaired) electrons. The van der Waals surface area contributed by atoms with Crippen LogP contribution in [0.5, 0.6) is 5.75 Å². The maximum absolute atomic E-state index is 6.18. The molecule has 1 atom stereocenters. The van der Waals surface area contributed by atoms with Gasteiger partial charge in [0.2, 0.25) is 0 Å². The fraction of sp³-hybridized carbons (Fsp3) is 0.214. The van der Waals surface area contributed by atoms with Gasteiger partial charge in [-0.25, -0.2) is 0 Å². The third-order valence-corrected chi connectivity index (χ3v) is 3.36. The first-order valence-corrected chi connectivity index (χ1v) is 6.55. The van der Waals surface area contributed by atoms with Gasteiger partial charge >= 0.3 is 0 Å². The van der Waals surface area contributed by atoms with Crippen molar-refractivity contribution < 1.29 is 4.74 Å². The number of hydrogen-bond donors (Lipinski definition) is 1. The molecule has 1 heterocycles. The van der Waals surface area contributed by atoms with Crippen molar-refractivity contribution in [3.05, 3.63) is 57.8 Å². The number of rotatable bonds is 4. The quantitative estimate of drug-likeness (QED) is 0.937. The summed E-state index contributed by atoms with van der Waals surface area (Å²) in [6.45, 7) is 0. The first kappa shape index (κ1) is 14.1. The molecule has 100 valence electrons. The van der Waals surface area contributed by atoms with Crippen LogP contribution in [0.3, 0.4) is 0 Å². The van der Waals surface area contributed by atoms with Gasteiger partial charge in [0.1, 0.15) is 5.75 Å². The molecular formula is C14H14Cl2N2O. The number of hydrogen-bond acceptors (Lipinski definition) is 3. The summed E-state index contributed by atoms with van der Waals surface area (Å²) >= 11 is 12.1. The molecule has 1 unspecified atom stereocenters. The Kier molecular flexibility index (Phi) is 4.64. The normalized spacial score (nSPS) is 12.2. The Labute approximate surface area is 122 Å². The van der Waals surface area contributed by atoms with Gasteiger partial charge in [0.25, 0.3) is 0 Å². The smallest absolute Gasteiger partial charge is 0.140 e. The third-order valence-electron chi connectivity index (χ3n) is 2.86. The van der Waals surface area contributed by atoms with Gasteiger partial charge in [-0.2, -0.15) is 0 Å². The fourth-order valence-electron chi connectivity index (χ4n) is 1.96. The number of nitrogens with zero attached hydrogens (tertiary/aromatic N) is 1. The van der Waals surface area contributed by atoms with Gasteiger partial charge in [0.05, 0.1) is 12.1 Å². The molecule has 1 aromatic carbocycles. The maximum atomic E-state index is 6.18. The van der Waals surface area contributed by atoms with E-state index in [0.29, 0.717) is 22.2 Å². The molecule has 5 heteroatoms. The lowest BCUT2D eigenvalue weighted by molar-refractivity contribution is 0.408. The second-order valence-corrected chi connectivity index (χ2v) is 5.01. The van der Waals surface area contributed by atoms with E-state index in [1.54, 1.807) is 25.6 Å². The molecule has 0 saturated carbocycles. The van der Waals surface area contributed by atoms with Crippen LogP contribution < -0.4 is 10.5 Å². The molecular weight excluding hydrogens is 283 g/mol. The summed E-state index contributed by atoms with van der Waals surface area (Å²) in [7, 11) is 1.58. The molecule has 3 nitrogen and oxygen atoms in total. The maximum Gasteiger partial charge on any atom is 0.140 e. The van der Waals surface area contributed by atoms with Gasteiger partial charge in [0, 0.05) is 23.5 Å². The highest BCUT2D eigenvalue weighted by atomic mass is 35.5. The van der Waals surface area contributed by atoms with Gasteiger partial charge in [-0.05, 0) is 41.8 Å². The summed E-state index contributed by atoms with van der Waals surface area (Å²) in [5, 5.41) is 1.06. The minimum atomic E-state index is -0.161. The fourth-order valence-corrected chi connectivity index (χ4v) is 2.57. The molecule has 0 amide bonds. The molecule has 2 N–H and O–H groups in total. The van der Waals surface area contributed by atoms with E-state index in [4.69, 9.17) is 33.7 Å². The van der Waals surface area contributed by atoms with Crippen LogP contribution in [-0.2, 0) is 6.42 Å². The highest BCUT2D eigenvalue weighted by Gasteiger charge is 2.14. The Hall–Kier alpha value is -1.29. The standard InChI is InChI=1S/C14H14Cl2N2O/c1-19-14-10(6-11(15)8-12(14)16)7-13(17)9-2-4-18-5-3-9/h2-6,8,13H,7,17H2,1H3. The minimum absolute atomic E-state index is 0.161. The van der Waals surface area contributed by atoms with Crippen molar-refractivity contribution in [1.82, 2.24) is 4.98 Å². The van der Waals surface area contributed by atoms with Crippen LogP contribution in [0.2, 0.25) is 10.0 Å². The third kappa shape index (κ3) is 3.38. The molecule has 0 spiro atoms. The van der Waals surface area contributed by atoms with E-state index in [9.17, 15) is 0 Å². The van der Waals surface area contributed by atoms with Crippen molar-refractivity contribution in [2.75, 3.05) is 7.11 Å². The van der Waals surface area contributed by atoms with Crippen LogP contribution >= 0.6 is 23.2 Å². The Morgan fingerprint density at radius 1 is 1.26 bits per heavy atom. The van der Waals surface area contributed by atoms with Crippen LogP contribution in [0.1, 0.15) is 17.2 Å². The number of methoxy groups -OCH3 is 1. The highest BCUT2D eigenvalue weighted by molar-refractivity contribution is 6.35. The predicted octanol–water partition coefficient (Wildman–Crippen LogP) is 3.64. The molecule has 0 bridgehead atoms. The Bertz CT molecular complexity index is 561. The van der Waals surface area contributed by atoms with E-state index in [1.165, 1.54) is 0 Å². The second-order valence-electron chi connectivity index (χ2n) is 4.17. The second kappa shape index (κ2) is 6.24. The number of halogens is 2. The van der Waals surface area contributed by atoms with Gasteiger partial charge in [-0.1, -0.05) is 23.2 Å². The number of aromatic nitrogens is 1. The van der Waals surface area contributed by atoms with Crippen LogP contribution in [-0.4, -0.2) is 12.1 Å². The Balaban J connectivity index is 2.28. The SMILES string of the molecule is COc1c(Cl)cc(Cl)cc1CC(N)c1ccncc1. The Morgan fingerprint density at radius 2 is 1.95 bits per heavy atom. The average molecular weight is 297 g/mol. The zero-order valence-electron chi connectivity index (χ0n) is 10.4. The average Bonchev–Trinajstić information content (AvgIpc) is 2.39. The summed E-state index contributed by atoms with van der Waals surface area (Å²) in [6, 6.07) is 7.11. The minimum Gasteiger partial charge on any atom is -0.495 e. The van der Waals surface area contributed by atoms with E-state index in [1.807, 2.05) is 18.2 Å². The summed E-state index contributed by atoms with van der Waals surface area (Å²) in [4.78, 5) is 3.97. The topological polar surface area (TPSA) is 48.1 Å². The van der Waals surface area contributed by atoms with Crippen molar-refractivity contribution >= 4 is 23.2 Å². The van der Waals surface area contributed by atoms with Crippen LogP contribution in [0, 0.1) is 0 Å². The van der Waals surface area contributed by atoms with E-state index in [2.05, 4.69) is 4.98 Å². The monoisotopic (exact) mass is 296 g/mol. The van der Waals surface area contributed by atoms with Crippen molar-refractivity contribution in [2.24, 2.45) is 5.73 Å². The lowest BCUT2D eigenvalue weighted by Crippen LogP contribution is -2.14. The Morgan fingerprint density at radius 3 is 2.58 bits per heavy atom. The predicted molar refractivity (Wildman–Crippen MR) is 77.9 cm³/mol. The molecule has 2 aromatic rings. The van der Waals surface area contributed by atoms with Gasteiger partial charge in [-0.15, -0.1) is 0 Å². The van der Waals surface area contributed by atoms with Crippen molar-refractivity contribution in [2.45, 2.75) is 12.5 Å². The molecule has 0 aliphatic rings. The molecule has 19 heavy (non-hydrogen) atoms. The number of nitrogens with two attached hydrogens (primary N) is 1. The van der Waals surface area contributed by atoms with Crippen LogP contribution in [0.15, 0.2) is 36.7 Å². The first-order chi connectivity index (χ1) is 9.11. The zero-order chi connectivity index (χ0) is 13.8. The van der Waals surface area contributed by atoms with Gasteiger partial charge in [0.15, 0.2) is 0 Å². The number of ether oxygens (including phenoxy) is 1. The van der Waals surface area contributed by atoms with Crippen LogP contribution in [0.25, 0.3) is 0 Å². The van der Waals surface area contributed by atoms with Gasteiger partial charge < -0.3 is 10.5 Å². The largest absolute Gasteiger partial charge is 0.495 e. The number of pyridine rings is 1. The van der Waals surface area contributed by atoms with Gasteiger partial charge in [-0.3, -0.25) is 4.98 Å². The molecule has 0 aliphatic carbocycles.